The number of rotatable bonds is 3. The Bertz CT molecular complexity index is 419. The number of benzene rings is 1. The van der Waals surface area contributed by atoms with E-state index in [4.69, 9.17) is 4.74 Å². The van der Waals surface area contributed by atoms with Crippen LogP contribution in [-0.4, -0.2) is 11.8 Å². The molecule has 0 N–H and O–H groups in total. The van der Waals surface area contributed by atoms with Crippen LogP contribution in [0.3, 0.4) is 0 Å². The number of hydrogen-bond acceptors (Lipinski definition) is 3. The Labute approximate surface area is 88.4 Å². The number of carbonyl (C=O) groups excluding carboxylic acids is 2. The Morgan fingerprint density at radius 1 is 1.27 bits per heavy atom. The summed E-state index contributed by atoms with van der Waals surface area (Å²) >= 11 is 0. The largest absolute Gasteiger partial charge is 0.427 e. The minimum Gasteiger partial charge on any atom is -0.427 e. The molecule has 0 aromatic heterocycles. The smallest absolute Gasteiger partial charge is 0.308 e. The van der Waals surface area contributed by atoms with E-state index in [0.29, 0.717) is 11.3 Å². The van der Waals surface area contributed by atoms with Gasteiger partial charge in [0, 0.05) is 12.5 Å². The number of Topliss-reactive ketones (excluding diaryl/α,β-unsaturated/α-hetero) is 1. The van der Waals surface area contributed by atoms with E-state index in [1.807, 2.05) is 0 Å². The molecule has 78 valence electrons. The van der Waals surface area contributed by atoms with Gasteiger partial charge in [-0.1, -0.05) is 12.7 Å². The van der Waals surface area contributed by atoms with Crippen molar-refractivity contribution in [2.45, 2.75) is 13.8 Å². The molecule has 0 saturated heterocycles. The minimum absolute atomic E-state index is 0.0768. The maximum absolute atomic E-state index is 11.2. The van der Waals surface area contributed by atoms with E-state index in [9.17, 15) is 9.59 Å². The average Bonchev–Trinajstić information content (AvgIpc) is 2.16. The fourth-order valence-electron chi connectivity index (χ4n) is 1.17. The molecule has 0 spiro atoms. The van der Waals surface area contributed by atoms with Gasteiger partial charge in [0.2, 0.25) is 0 Å². The highest BCUT2D eigenvalue weighted by Crippen LogP contribution is 2.18. The Balaban J connectivity index is 3.16. The molecular formula is C12H12O3. The van der Waals surface area contributed by atoms with Crippen LogP contribution in [-0.2, 0) is 4.79 Å². The van der Waals surface area contributed by atoms with Gasteiger partial charge in [-0.2, -0.15) is 0 Å². The van der Waals surface area contributed by atoms with Gasteiger partial charge in [-0.3, -0.25) is 9.59 Å². The van der Waals surface area contributed by atoms with E-state index in [-0.39, 0.29) is 5.78 Å². The monoisotopic (exact) mass is 204 g/mol. The van der Waals surface area contributed by atoms with Crippen LogP contribution >= 0.6 is 0 Å². The van der Waals surface area contributed by atoms with Gasteiger partial charge in [0.25, 0.3) is 0 Å². The predicted octanol–water partition coefficient (Wildman–Crippen LogP) is 2.46. The van der Waals surface area contributed by atoms with E-state index in [0.717, 1.165) is 5.56 Å². The first-order valence-electron chi connectivity index (χ1n) is 4.50. The Morgan fingerprint density at radius 3 is 2.40 bits per heavy atom. The molecule has 0 atom stereocenters. The highest BCUT2D eigenvalue weighted by Gasteiger charge is 2.05. The first kappa shape index (κ1) is 11.2. The first-order valence-corrected chi connectivity index (χ1v) is 4.50. The summed E-state index contributed by atoms with van der Waals surface area (Å²) in [4.78, 5) is 21.9. The van der Waals surface area contributed by atoms with Gasteiger partial charge in [0.1, 0.15) is 5.75 Å². The summed E-state index contributed by atoms with van der Waals surface area (Å²) < 4.78 is 4.91. The second kappa shape index (κ2) is 4.55. The summed E-state index contributed by atoms with van der Waals surface area (Å²) in [6.45, 7) is 6.37. The van der Waals surface area contributed by atoms with Gasteiger partial charge >= 0.3 is 5.97 Å². The topological polar surface area (TPSA) is 43.4 Å². The molecule has 0 saturated carbocycles. The van der Waals surface area contributed by atoms with E-state index >= 15 is 0 Å². The highest BCUT2D eigenvalue weighted by atomic mass is 16.5. The van der Waals surface area contributed by atoms with Gasteiger partial charge in [-0.15, -0.1) is 0 Å². The normalized spacial score (nSPS) is 9.47. The zero-order valence-corrected chi connectivity index (χ0v) is 8.74. The molecule has 15 heavy (non-hydrogen) atoms. The highest BCUT2D eigenvalue weighted by molar-refractivity contribution is 5.95. The maximum atomic E-state index is 11.2. The average molecular weight is 204 g/mol. The fraction of sp³-hybridized carbons (Fsp3) is 0.167. The molecule has 0 amide bonds. The van der Waals surface area contributed by atoms with Gasteiger partial charge < -0.3 is 4.74 Å². The summed E-state index contributed by atoms with van der Waals surface area (Å²) in [7, 11) is 0. The lowest BCUT2D eigenvalue weighted by atomic mass is 10.1. The number of ketones is 1. The summed E-state index contributed by atoms with van der Waals surface area (Å²) in [6.07, 6.45) is 1.60. The summed E-state index contributed by atoms with van der Waals surface area (Å²) in [5.74, 6) is -0.122. The van der Waals surface area contributed by atoms with Crippen molar-refractivity contribution >= 4 is 17.8 Å². The lowest BCUT2D eigenvalue weighted by Gasteiger charge is -2.05. The van der Waals surface area contributed by atoms with Crippen LogP contribution < -0.4 is 4.74 Å². The minimum atomic E-state index is -0.411. The van der Waals surface area contributed by atoms with Gasteiger partial charge in [-0.25, -0.2) is 0 Å². The van der Waals surface area contributed by atoms with Gasteiger partial charge in [-0.05, 0) is 30.7 Å². The number of ether oxygens (including phenoxy) is 1. The summed E-state index contributed by atoms with van der Waals surface area (Å²) in [5.41, 5.74) is 1.25. The lowest BCUT2D eigenvalue weighted by molar-refractivity contribution is -0.131. The molecule has 0 unspecified atom stereocenters. The molecule has 0 fully saturated rings. The molecule has 0 radical (unpaired) electrons. The molecule has 3 nitrogen and oxygen atoms in total. The quantitative estimate of drug-likeness (QED) is 0.431. The number of hydrogen-bond donors (Lipinski definition) is 0. The van der Waals surface area contributed by atoms with E-state index in [1.165, 1.54) is 19.9 Å². The first-order chi connectivity index (χ1) is 7.02. The zero-order valence-electron chi connectivity index (χ0n) is 8.74. The van der Waals surface area contributed by atoms with Crippen molar-refractivity contribution < 1.29 is 14.3 Å². The van der Waals surface area contributed by atoms with Crippen molar-refractivity contribution in [1.82, 2.24) is 0 Å². The molecular weight excluding hydrogens is 192 g/mol. The Hall–Kier alpha value is -1.90. The lowest BCUT2D eigenvalue weighted by Crippen LogP contribution is -2.03. The van der Waals surface area contributed by atoms with Crippen LogP contribution in [0.2, 0.25) is 0 Å². The van der Waals surface area contributed by atoms with Crippen molar-refractivity contribution in [2.75, 3.05) is 0 Å². The maximum Gasteiger partial charge on any atom is 0.308 e. The van der Waals surface area contributed by atoms with Crippen molar-refractivity contribution in [3.63, 3.8) is 0 Å². The molecule has 1 aromatic rings. The Kier molecular flexibility index (Phi) is 3.39. The van der Waals surface area contributed by atoms with Crippen molar-refractivity contribution in [3.05, 3.63) is 35.9 Å². The fourth-order valence-corrected chi connectivity index (χ4v) is 1.17. The van der Waals surface area contributed by atoms with Crippen LogP contribution in [0.25, 0.3) is 6.08 Å². The third-order valence-electron chi connectivity index (χ3n) is 1.83. The molecule has 1 rings (SSSR count). The van der Waals surface area contributed by atoms with E-state index in [1.54, 1.807) is 18.2 Å². The van der Waals surface area contributed by atoms with Crippen LogP contribution in [0.5, 0.6) is 5.75 Å². The molecule has 3 heteroatoms. The molecule has 0 bridgehead atoms. The number of carbonyl (C=O) groups is 2. The predicted molar refractivity (Wildman–Crippen MR) is 57.8 cm³/mol. The summed E-state index contributed by atoms with van der Waals surface area (Å²) in [6, 6.07) is 4.89. The second-order valence-corrected chi connectivity index (χ2v) is 3.14. The third-order valence-corrected chi connectivity index (χ3v) is 1.83. The van der Waals surface area contributed by atoms with E-state index < -0.39 is 5.97 Å². The second-order valence-electron chi connectivity index (χ2n) is 3.14. The standard InChI is InChI=1S/C12H12O3/c1-4-10-5-11(8(2)13)7-12(6-10)15-9(3)14/h4-7H,1H2,2-3H3. The molecule has 1 aromatic carbocycles. The van der Waals surface area contributed by atoms with E-state index in [2.05, 4.69) is 6.58 Å². The van der Waals surface area contributed by atoms with Crippen LogP contribution in [0.15, 0.2) is 24.8 Å². The van der Waals surface area contributed by atoms with Crippen LogP contribution in [0.1, 0.15) is 29.8 Å². The Morgan fingerprint density at radius 2 is 1.93 bits per heavy atom. The summed E-state index contributed by atoms with van der Waals surface area (Å²) in [5, 5.41) is 0. The van der Waals surface area contributed by atoms with Crippen molar-refractivity contribution in [1.29, 1.82) is 0 Å². The van der Waals surface area contributed by atoms with Crippen molar-refractivity contribution in [2.24, 2.45) is 0 Å². The van der Waals surface area contributed by atoms with Crippen LogP contribution in [0.4, 0.5) is 0 Å². The van der Waals surface area contributed by atoms with Crippen molar-refractivity contribution in [3.8, 4) is 5.75 Å². The molecule has 0 aliphatic heterocycles. The van der Waals surface area contributed by atoms with Gasteiger partial charge in [0.15, 0.2) is 5.78 Å². The third kappa shape index (κ3) is 3.06. The molecule has 0 heterocycles. The SMILES string of the molecule is C=Cc1cc(OC(C)=O)cc(C(C)=O)c1. The molecule has 0 aliphatic rings. The molecule has 0 aliphatic carbocycles. The van der Waals surface area contributed by atoms with Crippen LogP contribution in [0, 0.1) is 0 Å². The van der Waals surface area contributed by atoms with Gasteiger partial charge in [0.05, 0.1) is 0 Å². The number of esters is 1. The zero-order chi connectivity index (χ0) is 11.4.